The molecule has 3 N–H and O–H groups in total. The number of aryl methyl sites for hydroxylation is 1. The van der Waals surface area contributed by atoms with E-state index in [1.807, 2.05) is 93.6 Å². The molecular formula is C60H83F3N6O6SSi. The van der Waals surface area contributed by atoms with E-state index in [1.165, 1.54) is 26.0 Å². The number of hydrogen-bond donors (Lipinski definition) is 3. The van der Waals surface area contributed by atoms with Crippen molar-refractivity contribution in [3.05, 3.63) is 106 Å². The zero-order valence-electron chi connectivity index (χ0n) is 47.5. The number of carbonyl (C=O) groups is 3. The van der Waals surface area contributed by atoms with Crippen molar-refractivity contribution in [2.45, 2.75) is 181 Å². The normalized spacial score (nSPS) is 18.9. The summed E-state index contributed by atoms with van der Waals surface area (Å²) < 4.78 is 65.9. The van der Waals surface area contributed by atoms with Gasteiger partial charge in [0, 0.05) is 79.4 Å². The number of aromatic nitrogens is 2. The zero-order valence-corrected chi connectivity index (χ0v) is 49.3. The number of fused-ring (bicyclic) bond motifs is 3. The summed E-state index contributed by atoms with van der Waals surface area (Å²) in [5, 5.41) is 7.02. The number of nitrogens with one attached hydrogen (secondary N) is 3. The molecule has 7 rings (SSSR count). The lowest BCUT2D eigenvalue weighted by molar-refractivity contribution is -0.144. The fraction of sp³-hybridized carbons (Fsp3) is 0.567. The lowest BCUT2D eigenvalue weighted by atomic mass is 9.85. The molecular weight excluding hydrogens is 1020 g/mol. The molecule has 2 aliphatic heterocycles. The van der Waals surface area contributed by atoms with Crippen molar-refractivity contribution in [3.63, 3.8) is 0 Å². The van der Waals surface area contributed by atoms with Crippen molar-refractivity contribution in [1.29, 1.82) is 0 Å². The van der Waals surface area contributed by atoms with Gasteiger partial charge in [0.2, 0.25) is 17.7 Å². The molecule has 3 aromatic carbocycles. The standard InChI is InChI=1S/C60H83F3N6O6SSi/c1-38-30-45-44-20-16-17-21-48(44)66-52(45)53(69(38)36-60(9,10)63)51-46(61)31-42(32-47(51)62)74-28-19-15-13-14-18-27-73-29-26-50(70)67-55(58(3,4)5)57(72)68-35-43(75-77(11,12)59(6,7)8)33-49(68)56(71)64-34-40-22-24-41(25-23-40)54-39(2)65-37-76-54/h16-17,20-25,31-32,37-38,43,49,53,55,66H,13-15,18-19,26-30,33-36H2,1-12H3,(H,64,71)(H,67,70)/t38-,43-,49+,53-,55-/m1/s1. The van der Waals surface area contributed by atoms with Gasteiger partial charge < -0.3 is 34.4 Å². The van der Waals surface area contributed by atoms with Gasteiger partial charge in [-0.05, 0) is 93.3 Å². The number of alkyl halides is 1. The number of para-hydroxylation sites is 1. The molecule has 5 atom stereocenters. The highest BCUT2D eigenvalue weighted by molar-refractivity contribution is 7.13. The Morgan fingerprint density at radius 1 is 0.909 bits per heavy atom. The van der Waals surface area contributed by atoms with Gasteiger partial charge in [-0.1, -0.05) is 103 Å². The predicted molar refractivity (Wildman–Crippen MR) is 303 cm³/mol. The molecule has 5 aromatic rings. The van der Waals surface area contributed by atoms with Crippen LogP contribution in [0.2, 0.25) is 18.1 Å². The molecule has 77 heavy (non-hydrogen) atoms. The summed E-state index contributed by atoms with van der Waals surface area (Å²) in [7, 11) is -2.26. The molecule has 1 fully saturated rings. The average Bonchev–Trinajstić information content (AvgIpc) is 4.15. The first-order valence-electron chi connectivity index (χ1n) is 27.5. The summed E-state index contributed by atoms with van der Waals surface area (Å²) in [5.74, 6) is -2.25. The third-order valence-electron chi connectivity index (χ3n) is 15.5. The van der Waals surface area contributed by atoms with Crippen LogP contribution >= 0.6 is 11.3 Å². The predicted octanol–water partition coefficient (Wildman–Crippen LogP) is 12.5. The van der Waals surface area contributed by atoms with Crippen LogP contribution in [-0.2, 0) is 36.5 Å². The van der Waals surface area contributed by atoms with Crippen molar-refractivity contribution in [3.8, 4) is 16.2 Å². The van der Waals surface area contributed by atoms with Gasteiger partial charge in [-0.25, -0.2) is 18.2 Å². The van der Waals surface area contributed by atoms with E-state index in [-0.39, 0.29) is 78.9 Å². The molecule has 3 amide bonds. The lowest BCUT2D eigenvalue weighted by Crippen LogP contribution is -2.57. The van der Waals surface area contributed by atoms with Gasteiger partial charge in [0.05, 0.1) is 41.4 Å². The molecule has 17 heteroatoms. The molecule has 4 heterocycles. The molecule has 12 nitrogen and oxygen atoms in total. The zero-order chi connectivity index (χ0) is 56.0. The van der Waals surface area contributed by atoms with Gasteiger partial charge in [-0.15, -0.1) is 11.3 Å². The summed E-state index contributed by atoms with van der Waals surface area (Å²) in [4.78, 5) is 54.5. The molecule has 0 saturated carbocycles. The Morgan fingerprint density at radius 2 is 1.57 bits per heavy atom. The molecule has 0 aliphatic carbocycles. The fourth-order valence-corrected chi connectivity index (χ4v) is 12.5. The summed E-state index contributed by atoms with van der Waals surface area (Å²) in [6.45, 7) is 25.0. The van der Waals surface area contributed by atoms with E-state index >= 15 is 13.2 Å². The number of thiazole rings is 1. The number of unbranched alkanes of at least 4 members (excludes halogenated alkanes) is 4. The maximum absolute atomic E-state index is 16.1. The molecule has 1 saturated heterocycles. The number of benzene rings is 3. The molecule has 0 spiro atoms. The minimum Gasteiger partial charge on any atom is -0.493 e. The van der Waals surface area contributed by atoms with E-state index < -0.39 is 49.2 Å². The smallest absolute Gasteiger partial charge is 0.246 e. The maximum atomic E-state index is 16.1. The number of carbonyl (C=O) groups excluding carboxylic acids is 3. The van der Waals surface area contributed by atoms with Crippen LogP contribution in [0.5, 0.6) is 5.75 Å². The Morgan fingerprint density at radius 3 is 2.21 bits per heavy atom. The summed E-state index contributed by atoms with van der Waals surface area (Å²) in [6, 6.07) is 15.6. The van der Waals surface area contributed by atoms with Crippen LogP contribution in [0, 0.1) is 24.0 Å². The first kappa shape index (κ1) is 59.6. The van der Waals surface area contributed by atoms with Crippen LogP contribution in [-0.4, -0.2) is 109 Å². The molecule has 0 radical (unpaired) electrons. The molecule has 2 aromatic heterocycles. The number of likely N-dealkylation sites (tertiary alicyclic amines) is 1. The molecule has 420 valence electrons. The number of rotatable bonds is 23. The van der Waals surface area contributed by atoms with Crippen LogP contribution in [0.1, 0.15) is 141 Å². The third-order valence-corrected chi connectivity index (χ3v) is 21.1. The van der Waals surface area contributed by atoms with Crippen LogP contribution in [0.3, 0.4) is 0 Å². The van der Waals surface area contributed by atoms with Crippen molar-refractivity contribution < 1.29 is 41.5 Å². The maximum Gasteiger partial charge on any atom is 0.246 e. The number of halogens is 3. The van der Waals surface area contributed by atoms with Gasteiger partial charge in [0.25, 0.3) is 0 Å². The number of ether oxygens (including phenoxy) is 2. The number of H-pyrrole nitrogens is 1. The highest BCUT2D eigenvalue weighted by atomic mass is 32.1. The van der Waals surface area contributed by atoms with Gasteiger partial charge in [-0.2, -0.15) is 0 Å². The van der Waals surface area contributed by atoms with Gasteiger partial charge in [0.15, 0.2) is 8.32 Å². The molecule has 2 aliphatic rings. The first-order valence-corrected chi connectivity index (χ1v) is 31.3. The Kier molecular flexibility index (Phi) is 19.3. The van der Waals surface area contributed by atoms with E-state index in [1.54, 1.807) is 16.2 Å². The number of nitrogens with zero attached hydrogens (tertiary/aromatic N) is 3. The van der Waals surface area contributed by atoms with E-state index in [2.05, 4.69) is 54.5 Å². The highest BCUT2D eigenvalue weighted by Crippen LogP contribution is 2.44. The monoisotopic (exact) mass is 1100 g/mol. The topological polar surface area (TPSA) is 138 Å². The van der Waals surface area contributed by atoms with Crippen LogP contribution in [0.4, 0.5) is 13.2 Å². The number of aromatic amines is 1. The van der Waals surface area contributed by atoms with Crippen molar-refractivity contribution in [1.82, 2.24) is 30.4 Å². The van der Waals surface area contributed by atoms with Crippen molar-refractivity contribution >= 4 is 48.3 Å². The van der Waals surface area contributed by atoms with E-state index in [0.29, 0.717) is 38.1 Å². The van der Waals surface area contributed by atoms with Crippen LogP contribution < -0.4 is 15.4 Å². The SMILES string of the molecule is Cc1ncsc1-c1ccc(CNC(=O)[C@@H]2C[C@@H](O[Si](C)(C)C(C)(C)C)CN2C(=O)[C@@H](NC(=O)CCOCCCCCCCOc2cc(F)c([C@@H]3c4[nH]c5ccccc5c4C[C@@H](C)N3CC(C)(C)F)c(F)c2)C(C)(C)C)cc1. The Hall–Kier alpha value is -5.07. The van der Waals surface area contributed by atoms with Gasteiger partial charge in [-0.3, -0.25) is 19.3 Å². The minimum absolute atomic E-state index is 0.00275. The van der Waals surface area contributed by atoms with Crippen LogP contribution in [0.15, 0.2) is 66.2 Å². The second-order valence-corrected chi connectivity index (χ2v) is 30.1. The number of hydrogen-bond acceptors (Lipinski definition) is 9. The summed E-state index contributed by atoms with van der Waals surface area (Å²) >= 11 is 1.59. The summed E-state index contributed by atoms with van der Waals surface area (Å²) in [5.41, 5.74) is 4.98. The van der Waals surface area contributed by atoms with E-state index in [9.17, 15) is 14.4 Å². The Balaban J connectivity index is 0.852. The van der Waals surface area contributed by atoms with Crippen molar-refractivity contribution in [2.75, 3.05) is 32.9 Å². The van der Waals surface area contributed by atoms with Crippen molar-refractivity contribution in [2.24, 2.45) is 5.41 Å². The van der Waals surface area contributed by atoms with Gasteiger partial charge >= 0.3 is 0 Å². The molecule has 0 unspecified atom stereocenters. The fourth-order valence-electron chi connectivity index (χ4n) is 10.4. The Bertz CT molecular complexity index is 2790. The van der Waals surface area contributed by atoms with E-state index in [0.717, 1.165) is 63.8 Å². The first-order chi connectivity index (χ1) is 36.2. The third kappa shape index (κ3) is 15.0. The van der Waals surface area contributed by atoms with Gasteiger partial charge in [0.1, 0.15) is 35.1 Å². The quantitative estimate of drug-likeness (QED) is 0.0434. The second kappa shape index (κ2) is 24.9. The Labute approximate surface area is 459 Å². The minimum atomic E-state index is -2.26. The van der Waals surface area contributed by atoms with E-state index in [4.69, 9.17) is 13.9 Å². The molecule has 0 bridgehead atoms. The lowest BCUT2D eigenvalue weighted by Gasteiger charge is -2.43. The average molecular weight is 1100 g/mol. The largest absolute Gasteiger partial charge is 0.493 e. The number of amides is 3. The highest BCUT2D eigenvalue weighted by Gasteiger charge is 2.48. The second-order valence-electron chi connectivity index (χ2n) is 24.5. The summed E-state index contributed by atoms with van der Waals surface area (Å²) in [6.07, 6.45) is 4.82. The van der Waals surface area contributed by atoms with Crippen LogP contribution in [0.25, 0.3) is 21.3 Å².